The molecule has 1 aromatic carbocycles. The molecule has 332 valence electrons. The number of fused-ring (bicyclic) bond motifs is 5. The first kappa shape index (κ1) is 42.5. The van der Waals surface area contributed by atoms with E-state index in [1.54, 1.807) is 7.11 Å². The monoisotopic (exact) mass is 849 g/mol. The maximum absolute atomic E-state index is 13.8. The molecule has 3 aliphatic carbocycles. The predicted molar refractivity (Wildman–Crippen MR) is 238 cm³/mol. The summed E-state index contributed by atoms with van der Waals surface area (Å²) >= 11 is 0. The van der Waals surface area contributed by atoms with Gasteiger partial charge in [-0.2, -0.15) is 0 Å². The minimum Gasteiger partial charge on any atom is -0.461 e. The summed E-state index contributed by atoms with van der Waals surface area (Å²) in [5.74, 6) is -1.36. The molecule has 3 aromatic rings. The number of rotatable bonds is 7. The number of pyridine rings is 1. The summed E-state index contributed by atoms with van der Waals surface area (Å²) in [4.78, 5) is 50.7. The third kappa shape index (κ3) is 8.03. The Morgan fingerprint density at radius 1 is 1.10 bits per heavy atom. The Balaban J connectivity index is 1.15. The number of benzene rings is 1. The summed E-state index contributed by atoms with van der Waals surface area (Å²) in [6, 6.07) is 11.7. The molecule has 7 atom stereocenters. The summed E-state index contributed by atoms with van der Waals surface area (Å²) in [5, 5.41) is 11.0. The standard InChI is InChI=1S/C48H65N9O5/c1-6-57-38-15-12-28-22-32(38)39-40(44(61-5)42-33(43(39)57)23-30(24-52-42)56-19-17-55(18-20-56)29-13-14-29)48(3,4)26-62-47(60)35(49)9-8-16-51-46(59)34(25-53-45(58)31-21-27(31)2)41(50)37-11-7-10-36(28)54-37/h7,10-12,15,22-23,27,29,31,34-35,40-41,44,52H,6,8-9,13-14,16-21,24-26,49-50H2,1-5H3,(H,51,59)(H,53,58)/p+1/t27?,31?,34?,35-,40?,41-,44-/m0/s1. The summed E-state index contributed by atoms with van der Waals surface area (Å²) < 4.78 is 15.2. The number of nitrogens with zero attached hydrogens (tertiary/aromatic N) is 4. The third-order valence-electron chi connectivity index (χ3n) is 14.6. The van der Waals surface area contributed by atoms with Crippen molar-refractivity contribution in [2.45, 2.75) is 96.5 Å². The Kier molecular flexibility index (Phi) is 11.7. The maximum atomic E-state index is 13.8. The highest BCUT2D eigenvalue weighted by Crippen LogP contribution is 2.53. The van der Waals surface area contributed by atoms with E-state index in [-0.39, 0.29) is 48.9 Å². The van der Waals surface area contributed by atoms with Crippen molar-refractivity contribution in [2.75, 3.05) is 59.5 Å². The number of nitrogens with two attached hydrogens (primary N) is 1. The summed E-state index contributed by atoms with van der Waals surface area (Å²) in [6.07, 6.45) is 6.51. The van der Waals surface area contributed by atoms with Gasteiger partial charge in [-0.15, -0.1) is 0 Å². The molecule has 14 heteroatoms. The van der Waals surface area contributed by atoms with E-state index in [2.05, 4.69) is 88.0 Å². The van der Waals surface area contributed by atoms with E-state index in [1.807, 2.05) is 18.2 Å². The molecule has 5 heterocycles. The van der Waals surface area contributed by atoms with Gasteiger partial charge in [0.05, 0.1) is 47.9 Å². The van der Waals surface area contributed by atoms with Crippen LogP contribution in [0.15, 0.2) is 53.9 Å². The molecule has 14 nitrogen and oxygen atoms in total. The topological polar surface area (TPSA) is 184 Å². The zero-order chi connectivity index (χ0) is 43.4. The first-order valence-corrected chi connectivity index (χ1v) is 23.0. The normalized spacial score (nSPS) is 29.3. The van der Waals surface area contributed by atoms with Crippen LogP contribution in [0, 0.1) is 23.2 Å². The molecule has 2 saturated carbocycles. The van der Waals surface area contributed by atoms with Crippen LogP contribution < -0.4 is 27.4 Å². The average Bonchev–Trinajstić information content (AvgIpc) is 4.23. The lowest BCUT2D eigenvalue weighted by Crippen LogP contribution is -2.65. The van der Waals surface area contributed by atoms with Gasteiger partial charge in [0.2, 0.25) is 11.8 Å². The van der Waals surface area contributed by atoms with E-state index in [1.165, 1.54) is 24.1 Å². The van der Waals surface area contributed by atoms with Gasteiger partial charge in [-0.1, -0.05) is 32.9 Å². The molecule has 3 aliphatic heterocycles. The average molecular weight is 849 g/mol. The van der Waals surface area contributed by atoms with Crippen LogP contribution in [0.3, 0.4) is 0 Å². The molecular weight excluding hydrogens is 783 g/mol. The van der Waals surface area contributed by atoms with E-state index in [9.17, 15) is 14.4 Å². The number of aromatic nitrogens is 2. The molecule has 1 saturated heterocycles. The fourth-order valence-electron chi connectivity index (χ4n) is 10.6. The van der Waals surface area contributed by atoms with Gasteiger partial charge in [0.25, 0.3) is 0 Å². The lowest BCUT2D eigenvalue weighted by atomic mass is 9.67. The van der Waals surface area contributed by atoms with Crippen LogP contribution >= 0.6 is 0 Å². The molecule has 4 bridgehead atoms. The molecule has 62 heavy (non-hydrogen) atoms. The predicted octanol–water partition coefficient (Wildman–Crippen LogP) is 3.29. The van der Waals surface area contributed by atoms with Crippen molar-refractivity contribution in [3.8, 4) is 11.3 Å². The third-order valence-corrected chi connectivity index (χ3v) is 14.6. The summed E-state index contributed by atoms with van der Waals surface area (Å²) in [6.45, 7) is 14.8. The second-order valence-corrected chi connectivity index (χ2v) is 19.3. The highest BCUT2D eigenvalue weighted by atomic mass is 16.5. The highest BCUT2D eigenvalue weighted by Gasteiger charge is 2.48. The molecule has 3 fully saturated rings. The Bertz CT molecular complexity index is 2290. The van der Waals surface area contributed by atoms with Gasteiger partial charge in [0.1, 0.15) is 6.10 Å². The van der Waals surface area contributed by atoms with Gasteiger partial charge in [-0.05, 0) is 74.4 Å². The van der Waals surface area contributed by atoms with Crippen LogP contribution in [-0.2, 0) is 30.4 Å². The molecular formula is C48H66N9O5+. The molecule has 9 rings (SSSR count). The number of dihydropyridines is 1. The van der Waals surface area contributed by atoms with Gasteiger partial charge in [0.15, 0.2) is 6.04 Å². The zero-order valence-corrected chi connectivity index (χ0v) is 37.2. The molecule has 2 amide bonds. The van der Waals surface area contributed by atoms with Crippen molar-refractivity contribution < 1.29 is 29.6 Å². The van der Waals surface area contributed by atoms with Gasteiger partial charge in [-0.3, -0.25) is 19.5 Å². The number of hydrogen-bond donors (Lipinski definition) is 5. The number of piperazine rings is 1. The number of methoxy groups -OCH3 is 1. The van der Waals surface area contributed by atoms with Gasteiger partial charge in [0, 0.05) is 110 Å². The minimum absolute atomic E-state index is 0.0346. The Labute approximate surface area is 365 Å². The molecule has 6 aliphatic rings. The quantitative estimate of drug-likeness (QED) is 0.221. The zero-order valence-electron chi connectivity index (χ0n) is 37.2. The lowest BCUT2D eigenvalue weighted by Gasteiger charge is -2.45. The molecule has 8 N–H and O–H groups in total. The van der Waals surface area contributed by atoms with Crippen molar-refractivity contribution in [3.63, 3.8) is 0 Å². The Morgan fingerprint density at radius 3 is 2.58 bits per heavy atom. The van der Waals surface area contributed by atoms with Gasteiger partial charge >= 0.3 is 5.97 Å². The van der Waals surface area contributed by atoms with E-state index in [4.69, 9.17) is 20.2 Å². The summed E-state index contributed by atoms with van der Waals surface area (Å²) in [7, 11) is 1.79. The largest absolute Gasteiger partial charge is 0.461 e. The first-order valence-electron chi connectivity index (χ1n) is 23.0. The highest BCUT2D eigenvalue weighted by molar-refractivity contribution is 5.97. The number of esters is 1. The molecule has 0 radical (unpaired) electrons. The van der Waals surface area contributed by atoms with Crippen LogP contribution in [0.5, 0.6) is 0 Å². The number of amides is 2. The second kappa shape index (κ2) is 17.1. The van der Waals surface area contributed by atoms with Crippen LogP contribution in [0.2, 0.25) is 0 Å². The van der Waals surface area contributed by atoms with Gasteiger partial charge in [-0.25, -0.2) is 4.79 Å². The second-order valence-electron chi connectivity index (χ2n) is 19.3. The van der Waals surface area contributed by atoms with E-state index >= 15 is 0 Å². The van der Waals surface area contributed by atoms with Crippen molar-refractivity contribution in [1.82, 2.24) is 35.3 Å². The van der Waals surface area contributed by atoms with Crippen LogP contribution in [0.25, 0.3) is 27.7 Å². The Morgan fingerprint density at radius 2 is 1.87 bits per heavy atom. The van der Waals surface area contributed by atoms with Crippen LogP contribution in [-0.4, -0.2) is 115 Å². The van der Waals surface area contributed by atoms with Crippen LogP contribution in [0.4, 0.5) is 0 Å². The van der Waals surface area contributed by atoms with Crippen molar-refractivity contribution >= 4 is 34.3 Å². The number of carbonyl (C=O) groups is 3. The van der Waals surface area contributed by atoms with Crippen molar-refractivity contribution in [2.24, 2.45) is 28.9 Å². The number of aryl methyl sites for hydroxylation is 1. The first-order chi connectivity index (χ1) is 29.9. The van der Waals surface area contributed by atoms with Crippen molar-refractivity contribution in [3.05, 3.63) is 70.8 Å². The number of carbonyl (C=O) groups excluding carboxylic acids is 3. The number of hydrogen-bond acceptors (Lipinski definition) is 10. The van der Waals surface area contributed by atoms with Crippen LogP contribution in [0.1, 0.15) is 88.7 Å². The fourth-order valence-corrected chi connectivity index (χ4v) is 10.6. The van der Waals surface area contributed by atoms with Crippen molar-refractivity contribution in [1.29, 1.82) is 0 Å². The van der Waals surface area contributed by atoms with E-state index in [0.29, 0.717) is 31.0 Å². The fraction of sp³-hybridized carbons (Fsp3) is 0.583. The van der Waals surface area contributed by atoms with E-state index < -0.39 is 23.4 Å². The number of cyclic esters (lactones) is 1. The Hall–Kier alpha value is -4.76. The molecule has 4 unspecified atom stereocenters. The van der Waals surface area contributed by atoms with E-state index in [0.717, 1.165) is 90.9 Å². The number of nitrogens with one attached hydrogen (secondary N) is 3. The number of ether oxygens (including phenoxy) is 2. The van der Waals surface area contributed by atoms with Gasteiger partial charge < -0.3 is 46.4 Å². The summed E-state index contributed by atoms with van der Waals surface area (Å²) in [5.41, 5.74) is 19.7. The molecule has 2 aromatic heterocycles. The lowest BCUT2D eigenvalue weighted by molar-refractivity contribution is -0.410. The number of quaternary nitrogens is 1. The minimum atomic E-state index is -0.792. The molecule has 0 spiro atoms. The smallest absolute Gasteiger partial charge is 0.364 e. The maximum Gasteiger partial charge on any atom is 0.364 e. The number of allylic oxidation sites excluding steroid dienone is 2. The SMILES string of the molecule is CCn1c2c3c4cc(ccc41)-c1cccc(n1)[C@@H](N)C(CNC(=O)C1CC1C)C(=O)NCCC[C@H]([NH3+])C(=O)OCC(C)(C)C3[C@H](OC)C1=C2C=C(N2CCN(C3CC3)CC2)CN1.